The van der Waals surface area contributed by atoms with E-state index in [1.807, 2.05) is 45.0 Å². The number of carbonyl (C=O) groups excluding carboxylic acids is 1. The van der Waals surface area contributed by atoms with E-state index in [0.29, 0.717) is 19.0 Å². The molecule has 5 nitrogen and oxygen atoms in total. The van der Waals surface area contributed by atoms with Crippen LogP contribution < -0.4 is 11.0 Å². The molecule has 0 atom stereocenters. The summed E-state index contributed by atoms with van der Waals surface area (Å²) in [6.07, 6.45) is 0. The molecule has 1 aromatic heterocycles. The lowest BCUT2D eigenvalue weighted by molar-refractivity contribution is -0.121. The number of hydrogen-bond acceptors (Lipinski definition) is 2. The summed E-state index contributed by atoms with van der Waals surface area (Å²) in [6, 6.07) is 7.56. The highest BCUT2D eigenvalue weighted by atomic mass is 16.2. The number of fused-ring (bicyclic) bond motifs is 1. The van der Waals surface area contributed by atoms with Gasteiger partial charge in [-0.25, -0.2) is 4.79 Å². The Kier molecular flexibility index (Phi) is 4.27. The molecule has 0 saturated carbocycles. The predicted molar refractivity (Wildman–Crippen MR) is 79.7 cm³/mol. The van der Waals surface area contributed by atoms with Crippen molar-refractivity contribution in [2.75, 3.05) is 6.54 Å². The van der Waals surface area contributed by atoms with E-state index in [9.17, 15) is 9.59 Å². The van der Waals surface area contributed by atoms with Gasteiger partial charge in [0.2, 0.25) is 5.91 Å². The number of nitrogens with zero attached hydrogens (tertiary/aromatic N) is 2. The summed E-state index contributed by atoms with van der Waals surface area (Å²) in [7, 11) is 0. The molecule has 2 rings (SSSR count). The summed E-state index contributed by atoms with van der Waals surface area (Å²) in [5, 5.41) is 2.84. The lowest BCUT2D eigenvalue weighted by atomic mass is 10.2. The van der Waals surface area contributed by atoms with Gasteiger partial charge in [-0.1, -0.05) is 26.0 Å². The number of aryl methyl sites for hydroxylation is 1. The molecule has 0 aliphatic rings. The zero-order valence-corrected chi connectivity index (χ0v) is 12.2. The average molecular weight is 275 g/mol. The first-order valence-electron chi connectivity index (χ1n) is 6.99. The van der Waals surface area contributed by atoms with Crippen molar-refractivity contribution < 1.29 is 4.79 Å². The van der Waals surface area contributed by atoms with Crippen LogP contribution in [0.5, 0.6) is 0 Å². The van der Waals surface area contributed by atoms with Crippen LogP contribution in [-0.4, -0.2) is 21.6 Å². The molecule has 0 spiro atoms. The largest absolute Gasteiger partial charge is 0.354 e. The molecule has 2 aromatic rings. The van der Waals surface area contributed by atoms with Crippen LogP contribution >= 0.6 is 0 Å². The summed E-state index contributed by atoms with van der Waals surface area (Å²) in [4.78, 5) is 24.3. The van der Waals surface area contributed by atoms with Crippen molar-refractivity contribution in [1.82, 2.24) is 14.5 Å². The number of para-hydroxylation sites is 2. The molecule has 20 heavy (non-hydrogen) atoms. The van der Waals surface area contributed by atoms with Crippen molar-refractivity contribution in [3.05, 3.63) is 34.7 Å². The van der Waals surface area contributed by atoms with E-state index < -0.39 is 0 Å². The molecule has 0 unspecified atom stereocenters. The number of carbonyl (C=O) groups is 1. The minimum absolute atomic E-state index is 0.0685. The number of imidazole rings is 1. The van der Waals surface area contributed by atoms with E-state index in [4.69, 9.17) is 0 Å². The molecule has 0 saturated heterocycles. The second-order valence-corrected chi connectivity index (χ2v) is 5.30. The van der Waals surface area contributed by atoms with E-state index in [0.717, 1.165) is 11.0 Å². The molecule has 0 aliphatic heterocycles. The van der Waals surface area contributed by atoms with Crippen molar-refractivity contribution in [3.63, 3.8) is 0 Å². The fourth-order valence-electron chi connectivity index (χ4n) is 2.25. The third kappa shape index (κ3) is 2.76. The van der Waals surface area contributed by atoms with Crippen LogP contribution in [0, 0.1) is 5.92 Å². The fraction of sp³-hybridized carbons (Fsp3) is 0.467. The molecule has 0 radical (unpaired) electrons. The maximum atomic E-state index is 12.3. The zero-order chi connectivity index (χ0) is 14.7. The van der Waals surface area contributed by atoms with Crippen molar-refractivity contribution in [2.24, 2.45) is 5.92 Å². The quantitative estimate of drug-likeness (QED) is 0.901. The van der Waals surface area contributed by atoms with Gasteiger partial charge in [0.25, 0.3) is 0 Å². The summed E-state index contributed by atoms with van der Waals surface area (Å²) in [5.74, 6) is 0.271. The van der Waals surface area contributed by atoms with Gasteiger partial charge in [-0.2, -0.15) is 0 Å². The number of nitrogens with one attached hydrogen (secondary N) is 1. The topological polar surface area (TPSA) is 56.0 Å². The number of rotatable bonds is 5. The molecule has 0 fully saturated rings. The first-order chi connectivity index (χ1) is 9.54. The van der Waals surface area contributed by atoms with E-state index in [1.165, 1.54) is 4.57 Å². The van der Waals surface area contributed by atoms with Crippen molar-refractivity contribution in [2.45, 2.75) is 33.9 Å². The van der Waals surface area contributed by atoms with E-state index in [-0.39, 0.29) is 18.1 Å². The molecule has 1 N–H and O–H groups in total. The lowest BCUT2D eigenvalue weighted by Gasteiger charge is -2.08. The molecule has 5 heteroatoms. The Morgan fingerprint density at radius 2 is 1.80 bits per heavy atom. The highest BCUT2D eigenvalue weighted by molar-refractivity contribution is 5.80. The Hall–Kier alpha value is -2.04. The SMILES string of the molecule is CCn1c(=O)n(CC(=O)NCC(C)C)c2ccccc21. The van der Waals surface area contributed by atoms with Crippen molar-refractivity contribution in [3.8, 4) is 0 Å². The Bertz CT molecular complexity index is 667. The van der Waals surface area contributed by atoms with Gasteiger partial charge in [0.1, 0.15) is 6.54 Å². The molecule has 0 bridgehead atoms. The second-order valence-electron chi connectivity index (χ2n) is 5.30. The van der Waals surface area contributed by atoms with Crippen molar-refractivity contribution in [1.29, 1.82) is 0 Å². The zero-order valence-electron chi connectivity index (χ0n) is 12.2. The average Bonchev–Trinajstić information content (AvgIpc) is 2.69. The molecule has 1 aromatic carbocycles. The Morgan fingerprint density at radius 1 is 1.20 bits per heavy atom. The van der Waals surface area contributed by atoms with Gasteiger partial charge in [0, 0.05) is 13.1 Å². The number of amides is 1. The van der Waals surface area contributed by atoms with Crippen LogP contribution in [0.15, 0.2) is 29.1 Å². The summed E-state index contributed by atoms with van der Waals surface area (Å²) in [5.41, 5.74) is 1.55. The predicted octanol–water partition coefficient (Wildman–Crippen LogP) is 1.60. The van der Waals surface area contributed by atoms with Gasteiger partial charge in [-0.15, -0.1) is 0 Å². The van der Waals surface area contributed by atoms with Crippen LogP contribution in [0.3, 0.4) is 0 Å². The van der Waals surface area contributed by atoms with Crippen LogP contribution in [0.2, 0.25) is 0 Å². The number of aromatic nitrogens is 2. The van der Waals surface area contributed by atoms with Crippen LogP contribution in [0.1, 0.15) is 20.8 Å². The van der Waals surface area contributed by atoms with E-state index >= 15 is 0 Å². The van der Waals surface area contributed by atoms with Crippen LogP contribution in [0.25, 0.3) is 11.0 Å². The summed E-state index contributed by atoms with van der Waals surface area (Å²) >= 11 is 0. The second kappa shape index (κ2) is 5.94. The molecular formula is C15H21N3O2. The minimum atomic E-state index is -0.131. The van der Waals surface area contributed by atoms with Gasteiger partial charge >= 0.3 is 5.69 Å². The van der Waals surface area contributed by atoms with Gasteiger partial charge in [-0.05, 0) is 25.0 Å². The lowest BCUT2D eigenvalue weighted by Crippen LogP contribution is -2.34. The Morgan fingerprint density at radius 3 is 2.35 bits per heavy atom. The Labute approximate surface area is 118 Å². The monoisotopic (exact) mass is 275 g/mol. The highest BCUT2D eigenvalue weighted by Gasteiger charge is 2.14. The maximum absolute atomic E-state index is 12.3. The van der Waals surface area contributed by atoms with Crippen LogP contribution in [-0.2, 0) is 17.9 Å². The normalized spacial score (nSPS) is 11.2. The molecular weight excluding hydrogens is 254 g/mol. The molecule has 108 valence electrons. The van der Waals surface area contributed by atoms with Gasteiger partial charge in [-0.3, -0.25) is 13.9 Å². The Balaban J connectivity index is 2.33. The van der Waals surface area contributed by atoms with Gasteiger partial charge in [0.15, 0.2) is 0 Å². The third-order valence-electron chi connectivity index (χ3n) is 3.25. The highest BCUT2D eigenvalue weighted by Crippen LogP contribution is 2.12. The maximum Gasteiger partial charge on any atom is 0.329 e. The first-order valence-corrected chi connectivity index (χ1v) is 6.99. The number of hydrogen-bond donors (Lipinski definition) is 1. The summed E-state index contributed by atoms with van der Waals surface area (Å²) < 4.78 is 3.22. The van der Waals surface area contributed by atoms with E-state index in [2.05, 4.69) is 5.32 Å². The molecule has 1 amide bonds. The molecule has 0 aliphatic carbocycles. The third-order valence-corrected chi connectivity index (χ3v) is 3.25. The van der Waals surface area contributed by atoms with Crippen molar-refractivity contribution >= 4 is 16.9 Å². The smallest absolute Gasteiger partial charge is 0.329 e. The fourth-order valence-corrected chi connectivity index (χ4v) is 2.25. The van der Waals surface area contributed by atoms with Gasteiger partial charge < -0.3 is 5.32 Å². The van der Waals surface area contributed by atoms with Gasteiger partial charge in [0.05, 0.1) is 11.0 Å². The first kappa shape index (κ1) is 14.4. The summed E-state index contributed by atoms with van der Waals surface area (Å²) in [6.45, 7) is 7.29. The molecule has 1 heterocycles. The van der Waals surface area contributed by atoms with E-state index in [1.54, 1.807) is 4.57 Å². The minimum Gasteiger partial charge on any atom is -0.354 e. The standard InChI is InChI=1S/C15H21N3O2/c1-4-17-12-7-5-6-8-13(12)18(15(17)20)10-14(19)16-9-11(2)3/h5-8,11H,4,9-10H2,1-3H3,(H,16,19). The van der Waals surface area contributed by atoms with Crippen LogP contribution in [0.4, 0.5) is 0 Å². The number of benzene rings is 1.